The van der Waals surface area contributed by atoms with Crippen molar-refractivity contribution in [3.05, 3.63) is 0 Å². The highest BCUT2D eigenvalue weighted by atomic mass is 15.2. The Hall–Kier alpha value is -0.0800. The standard InChI is InChI=1S/C16H32N2.H2/c1-4-17-10-7-15-5-8-16(9-6-15)12-18(13-16)11-14(2)3;/h14-15,17H,4-13H2,1-3H3;1H. The van der Waals surface area contributed by atoms with Crippen LogP contribution in [0.4, 0.5) is 0 Å². The fourth-order valence-corrected chi connectivity index (χ4v) is 3.93. The monoisotopic (exact) mass is 254 g/mol. The molecule has 1 spiro atoms. The van der Waals surface area contributed by atoms with Crippen molar-refractivity contribution in [1.29, 1.82) is 0 Å². The van der Waals surface area contributed by atoms with Gasteiger partial charge in [-0.15, -0.1) is 0 Å². The molecule has 0 amide bonds. The van der Waals surface area contributed by atoms with Crippen molar-refractivity contribution in [1.82, 2.24) is 10.2 Å². The van der Waals surface area contributed by atoms with Crippen molar-refractivity contribution in [2.45, 2.75) is 52.9 Å². The fraction of sp³-hybridized carbons (Fsp3) is 1.00. The molecule has 1 aliphatic carbocycles. The molecule has 2 heteroatoms. The first-order chi connectivity index (χ1) is 8.63. The minimum atomic E-state index is 0. The van der Waals surface area contributed by atoms with Crippen molar-refractivity contribution < 1.29 is 1.43 Å². The highest BCUT2D eigenvalue weighted by molar-refractivity contribution is 4.97. The van der Waals surface area contributed by atoms with Gasteiger partial charge in [0.2, 0.25) is 0 Å². The predicted octanol–water partition coefficient (Wildman–Crippen LogP) is 3.38. The molecule has 0 unspecified atom stereocenters. The maximum atomic E-state index is 3.46. The summed E-state index contributed by atoms with van der Waals surface area (Å²) in [6.07, 6.45) is 7.37. The summed E-state index contributed by atoms with van der Waals surface area (Å²) < 4.78 is 0. The molecule has 1 saturated carbocycles. The van der Waals surface area contributed by atoms with Crippen LogP contribution in [0.5, 0.6) is 0 Å². The van der Waals surface area contributed by atoms with Crippen LogP contribution >= 0.6 is 0 Å². The van der Waals surface area contributed by atoms with E-state index in [1.165, 1.54) is 58.3 Å². The molecular formula is C16H34N2. The van der Waals surface area contributed by atoms with Gasteiger partial charge in [0.1, 0.15) is 0 Å². The van der Waals surface area contributed by atoms with Crippen LogP contribution in [0.3, 0.4) is 0 Å². The highest BCUT2D eigenvalue weighted by Crippen LogP contribution is 2.46. The van der Waals surface area contributed by atoms with E-state index in [1.807, 2.05) is 0 Å². The van der Waals surface area contributed by atoms with Crippen LogP contribution in [0.15, 0.2) is 0 Å². The van der Waals surface area contributed by atoms with Crippen LogP contribution in [0, 0.1) is 17.3 Å². The van der Waals surface area contributed by atoms with Gasteiger partial charge in [-0.2, -0.15) is 0 Å². The molecular weight excluding hydrogens is 220 g/mol. The number of nitrogens with zero attached hydrogens (tertiary/aromatic N) is 1. The van der Waals surface area contributed by atoms with Crippen molar-refractivity contribution in [2.24, 2.45) is 17.3 Å². The van der Waals surface area contributed by atoms with Crippen LogP contribution in [-0.4, -0.2) is 37.6 Å². The third-order valence-corrected chi connectivity index (χ3v) is 4.89. The van der Waals surface area contributed by atoms with E-state index in [-0.39, 0.29) is 1.43 Å². The van der Waals surface area contributed by atoms with Crippen LogP contribution < -0.4 is 5.32 Å². The number of likely N-dealkylation sites (tertiary alicyclic amines) is 1. The zero-order valence-corrected chi connectivity index (χ0v) is 12.7. The van der Waals surface area contributed by atoms with Gasteiger partial charge in [0.05, 0.1) is 0 Å². The third-order valence-electron chi connectivity index (χ3n) is 4.89. The van der Waals surface area contributed by atoms with Crippen molar-refractivity contribution in [3.8, 4) is 0 Å². The molecule has 2 fully saturated rings. The summed E-state index contributed by atoms with van der Waals surface area (Å²) in [6, 6.07) is 0. The first kappa shape index (κ1) is 14.3. The summed E-state index contributed by atoms with van der Waals surface area (Å²) in [5, 5.41) is 3.46. The average Bonchev–Trinajstić information content (AvgIpc) is 2.29. The molecule has 0 aromatic carbocycles. The van der Waals surface area contributed by atoms with E-state index in [9.17, 15) is 0 Å². The second-order valence-electron chi connectivity index (χ2n) is 7.15. The molecule has 2 nitrogen and oxygen atoms in total. The van der Waals surface area contributed by atoms with Crippen LogP contribution in [0.25, 0.3) is 0 Å². The van der Waals surface area contributed by atoms with Gasteiger partial charge in [0, 0.05) is 21.1 Å². The topological polar surface area (TPSA) is 15.3 Å². The largest absolute Gasteiger partial charge is 0.317 e. The number of hydrogen-bond donors (Lipinski definition) is 1. The Balaban J connectivity index is 0.00000180. The van der Waals surface area contributed by atoms with Gasteiger partial charge in [-0.25, -0.2) is 0 Å². The number of rotatable bonds is 6. The van der Waals surface area contributed by atoms with Crippen LogP contribution in [0.2, 0.25) is 0 Å². The maximum Gasteiger partial charge on any atom is 0.00506 e. The van der Waals surface area contributed by atoms with Gasteiger partial charge in [-0.05, 0) is 62.4 Å². The summed E-state index contributed by atoms with van der Waals surface area (Å²) in [7, 11) is 0. The second kappa shape index (κ2) is 6.38. The molecule has 108 valence electrons. The minimum absolute atomic E-state index is 0. The molecule has 0 atom stereocenters. The summed E-state index contributed by atoms with van der Waals surface area (Å²) in [5.74, 6) is 1.84. The Morgan fingerprint density at radius 3 is 2.50 bits per heavy atom. The molecule has 0 aromatic heterocycles. The van der Waals surface area contributed by atoms with E-state index in [1.54, 1.807) is 0 Å². The lowest BCUT2D eigenvalue weighted by Gasteiger charge is -2.54. The Labute approximate surface area is 115 Å². The van der Waals surface area contributed by atoms with Crippen LogP contribution in [-0.2, 0) is 0 Å². The molecule has 1 aliphatic heterocycles. The van der Waals surface area contributed by atoms with Gasteiger partial charge < -0.3 is 10.2 Å². The van der Waals surface area contributed by atoms with Crippen LogP contribution in [0.1, 0.15) is 54.3 Å². The first-order valence-electron chi connectivity index (χ1n) is 8.06. The Morgan fingerprint density at radius 1 is 1.28 bits per heavy atom. The Morgan fingerprint density at radius 2 is 1.94 bits per heavy atom. The number of nitrogens with one attached hydrogen (secondary N) is 1. The lowest BCUT2D eigenvalue weighted by Crippen LogP contribution is -2.58. The molecule has 1 saturated heterocycles. The van der Waals surface area contributed by atoms with E-state index in [0.29, 0.717) is 0 Å². The van der Waals surface area contributed by atoms with Gasteiger partial charge in [-0.1, -0.05) is 20.8 Å². The molecule has 18 heavy (non-hydrogen) atoms. The Kier molecular flexibility index (Phi) is 5.08. The second-order valence-corrected chi connectivity index (χ2v) is 7.15. The molecule has 2 aliphatic rings. The first-order valence-corrected chi connectivity index (χ1v) is 8.06. The predicted molar refractivity (Wildman–Crippen MR) is 80.9 cm³/mol. The average molecular weight is 254 g/mol. The van der Waals surface area contributed by atoms with E-state index in [2.05, 4.69) is 31.0 Å². The molecule has 0 radical (unpaired) electrons. The quantitative estimate of drug-likeness (QED) is 0.731. The summed E-state index contributed by atoms with van der Waals surface area (Å²) >= 11 is 0. The maximum absolute atomic E-state index is 3.46. The van der Waals surface area contributed by atoms with E-state index in [0.717, 1.165) is 23.8 Å². The molecule has 1 N–H and O–H groups in total. The van der Waals surface area contributed by atoms with Gasteiger partial charge in [-0.3, -0.25) is 0 Å². The normalized spacial score (nSPS) is 24.7. The van der Waals surface area contributed by atoms with Gasteiger partial charge >= 0.3 is 0 Å². The van der Waals surface area contributed by atoms with Crippen molar-refractivity contribution >= 4 is 0 Å². The summed E-state index contributed by atoms with van der Waals surface area (Å²) in [6.45, 7) is 13.3. The van der Waals surface area contributed by atoms with Crippen molar-refractivity contribution in [3.63, 3.8) is 0 Å². The molecule has 0 aromatic rings. The molecule has 0 bridgehead atoms. The zero-order valence-electron chi connectivity index (χ0n) is 12.7. The van der Waals surface area contributed by atoms with Gasteiger partial charge in [0.25, 0.3) is 0 Å². The lowest BCUT2D eigenvalue weighted by molar-refractivity contribution is -0.0439. The summed E-state index contributed by atoms with van der Waals surface area (Å²) in [4.78, 5) is 2.67. The van der Waals surface area contributed by atoms with E-state index < -0.39 is 0 Å². The summed E-state index contributed by atoms with van der Waals surface area (Å²) in [5.41, 5.74) is 0.740. The lowest BCUT2D eigenvalue weighted by atomic mass is 9.65. The highest BCUT2D eigenvalue weighted by Gasteiger charge is 2.44. The van der Waals surface area contributed by atoms with E-state index in [4.69, 9.17) is 0 Å². The van der Waals surface area contributed by atoms with Crippen molar-refractivity contribution in [2.75, 3.05) is 32.7 Å². The van der Waals surface area contributed by atoms with E-state index >= 15 is 0 Å². The third kappa shape index (κ3) is 3.71. The minimum Gasteiger partial charge on any atom is -0.317 e. The molecule has 1 heterocycles. The van der Waals surface area contributed by atoms with Gasteiger partial charge in [0.15, 0.2) is 0 Å². The smallest absolute Gasteiger partial charge is 0.00506 e. The zero-order chi connectivity index (χ0) is 13.0. The Bertz CT molecular complexity index is 239. The SMILES string of the molecule is CCNCCC1CCC2(CC1)CN(CC(C)C)C2.[HH]. The molecule has 2 rings (SSSR count). The number of hydrogen-bond acceptors (Lipinski definition) is 2. The fourth-order valence-electron chi connectivity index (χ4n) is 3.93.